The first-order valence-electron chi connectivity index (χ1n) is 12.0. The van der Waals surface area contributed by atoms with Crippen molar-refractivity contribution in [2.75, 3.05) is 44.2 Å². The van der Waals surface area contributed by atoms with Crippen LogP contribution in [0.1, 0.15) is 29.8 Å². The monoisotopic (exact) mass is 473 g/mol. The fourth-order valence-electron chi connectivity index (χ4n) is 5.51. The Bertz CT molecular complexity index is 1280. The number of para-hydroxylation sites is 3. The maximum absolute atomic E-state index is 13.1. The van der Waals surface area contributed by atoms with Crippen LogP contribution in [0.2, 0.25) is 0 Å². The fraction of sp³-hybridized carbons (Fsp3) is 0.370. The molecule has 0 bridgehead atoms. The van der Waals surface area contributed by atoms with Gasteiger partial charge in [0.05, 0.1) is 16.8 Å². The number of carbonyl (C=O) groups is 3. The highest BCUT2D eigenvalue weighted by Crippen LogP contribution is 2.45. The number of nitrogens with zero attached hydrogens (tertiary/aromatic N) is 3. The van der Waals surface area contributed by atoms with Crippen LogP contribution in [-0.2, 0) is 9.59 Å². The Morgan fingerprint density at radius 3 is 2.46 bits per heavy atom. The van der Waals surface area contributed by atoms with Gasteiger partial charge < -0.3 is 14.4 Å². The van der Waals surface area contributed by atoms with E-state index in [4.69, 9.17) is 9.47 Å². The third-order valence-corrected chi connectivity index (χ3v) is 7.21. The molecule has 0 N–H and O–H groups in total. The molecule has 4 aliphatic rings. The van der Waals surface area contributed by atoms with Gasteiger partial charge in [0.15, 0.2) is 11.5 Å². The summed E-state index contributed by atoms with van der Waals surface area (Å²) in [4.78, 5) is 44.1. The van der Waals surface area contributed by atoms with Crippen molar-refractivity contribution in [3.05, 3.63) is 59.7 Å². The quantitative estimate of drug-likeness (QED) is 0.637. The molecule has 4 aliphatic heterocycles. The lowest BCUT2D eigenvalue weighted by Crippen LogP contribution is -2.54. The lowest BCUT2D eigenvalue weighted by Gasteiger charge is -2.41. The zero-order valence-electron chi connectivity index (χ0n) is 19.8. The van der Waals surface area contributed by atoms with Crippen LogP contribution in [0.5, 0.6) is 11.5 Å². The average molecular weight is 474 g/mol. The van der Waals surface area contributed by atoms with Gasteiger partial charge in [-0.2, -0.15) is 0 Å². The highest BCUT2D eigenvalue weighted by atomic mass is 16.6. The van der Waals surface area contributed by atoms with Gasteiger partial charge in [0.25, 0.3) is 17.6 Å². The highest BCUT2D eigenvalue weighted by Gasteiger charge is 2.47. The van der Waals surface area contributed by atoms with Gasteiger partial charge in [0, 0.05) is 38.3 Å². The number of benzene rings is 2. The van der Waals surface area contributed by atoms with Gasteiger partial charge in [-0.05, 0) is 37.6 Å². The van der Waals surface area contributed by atoms with E-state index in [2.05, 4.69) is 11.0 Å². The lowest BCUT2D eigenvalue weighted by molar-refractivity contribution is -0.142. The molecular weight excluding hydrogens is 446 g/mol. The van der Waals surface area contributed by atoms with Crippen LogP contribution < -0.4 is 14.4 Å². The van der Waals surface area contributed by atoms with E-state index < -0.39 is 23.3 Å². The van der Waals surface area contributed by atoms with Crippen molar-refractivity contribution in [3.8, 4) is 11.5 Å². The SMILES string of the molecule is CC1(C)C=C(CN2CCN(C(=O)[C@H]3COc4ccccc4O3)CC2)c2cccc3c2N1C(=O)C3=O. The van der Waals surface area contributed by atoms with Gasteiger partial charge >= 0.3 is 0 Å². The molecule has 2 amide bonds. The zero-order chi connectivity index (χ0) is 24.3. The predicted octanol–water partition coefficient (Wildman–Crippen LogP) is 2.38. The number of rotatable bonds is 3. The third kappa shape index (κ3) is 3.51. The normalized spacial score (nSPS) is 22.7. The van der Waals surface area contributed by atoms with E-state index >= 15 is 0 Å². The first-order valence-corrected chi connectivity index (χ1v) is 12.0. The molecule has 1 saturated heterocycles. The Morgan fingerprint density at radius 2 is 1.69 bits per heavy atom. The molecule has 180 valence electrons. The second-order valence-electron chi connectivity index (χ2n) is 9.96. The number of carbonyl (C=O) groups excluding carboxylic acids is 3. The number of Topliss-reactive ketones (excluding diaryl/α,β-unsaturated/α-hetero) is 1. The maximum Gasteiger partial charge on any atom is 0.300 e. The number of amides is 2. The molecule has 0 aromatic heterocycles. The Hall–Kier alpha value is -3.65. The molecule has 1 fully saturated rings. The van der Waals surface area contributed by atoms with E-state index in [1.165, 1.54) is 0 Å². The topological polar surface area (TPSA) is 79.4 Å². The Balaban J connectivity index is 1.14. The number of ketones is 1. The molecule has 2 aromatic carbocycles. The second kappa shape index (κ2) is 7.95. The van der Waals surface area contributed by atoms with Crippen LogP contribution in [-0.4, -0.2) is 78.4 Å². The van der Waals surface area contributed by atoms with Crippen LogP contribution >= 0.6 is 0 Å². The Kier molecular flexibility index (Phi) is 4.96. The summed E-state index contributed by atoms with van der Waals surface area (Å²) >= 11 is 0. The predicted molar refractivity (Wildman–Crippen MR) is 130 cm³/mol. The molecule has 8 nitrogen and oxygen atoms in total. The zero-order valence-corrected chi connectivity index (χ0v) is 19.8. The van der Waals surface area contributed by atoms with Gasteiger partial charge in [0.2, 0.25) is 6.10 Å². The summed E-state index contributed by atoms with van der Waals surface area (Å²) < 4.78 is 11.6. The van der Waals surface area contributed by atoms with E-state index in [9.17, 15) is 14.4 Å². The molecule has 6 rings (SSSR count). The van der Waals surface area contributed by atoms with E-state index in [1.807, 2.05) is 55.1 Å². The van der Waals surface area contributed by atoms with E-state index in [0.29, 0.717) is 36.7 Å². The summed E-state index contributed by atoms with van der Waals surface area (Å²) in [7, 11) is 0. The number of hydrogen-bond donors (Lipinski definition) is 0. The molecule has 0 radical (unpaired) electrons. The van der Waals surface area contributed by atoms with E-state index in [-0.39, 0.29) is 12.5 Å². The molecule has 8 heteroatoms. The number of anilines is 1. The minimum Gasteiger partial charge on any atom is -0.485 e. The van der Waals surface area contributed by atoms with Crippen molar-refractivity contribution < 1.29 is 23.9 Å². The highest BCUT2D eigenvalue weighted by molar-refractivity contribution is 6.53. The molecule has 2 aromatic rings. The van der Waals surface area contributed by atoms with Crippen LogP contribution in [0.4, 0.5) is 5.69 Å². The largest absolute Gasteiger partial charge is 0.485 e. The van der Waals surface area contributed by atoms with Crippen LogP contribution in [0.25, 0.3) is 5.57 Å². The molecular formula is C27H27N3O5. The van der Waals surface area contributed by atoms with Gasteiger partial charge in [-0.15, -0.1) is 0 Å². The molecule has 0 spiro atoms. The van der Waals surface area contributed by atoms with Crippen LogP contribution in [0, 0.1) is 0 Å². The first kappa shape index (κ1) is 21.9. The van der Waals surface area contributed by atoms with Crippen LogP contribution in [0.15, 0.2) is 48.5 Å². The Labute approximate surface area is 203 Å². The lowest BCUT2D eigenvalue weighted by atomic mass is 9.88. The Morgan fingerprint density at radius 1 is 0.971 bits per heavy atom. The van der Waals surface area contributed by atoms with E-state index in [1.54, 1.807) is 11.0 Å². The molecule has 1 atom stereocenters. The molecule has 0 unspecified atom stereocenters. The van der Waals surface area contributed by atoms with Crippen molar-refractivity contribution in [2.45, 2.75) is 25.5 Å². The minimum atomic E-state index is -0.633. The van der Waals surface area contributed by atoms with Gasteiger partial charge in [-0.25, -0.2) is 0 Å². The standard InChI is InChI=1S/C27H27N3O5/c1-27(2)14-17(18-6-5-7-19-23(18)30(27)26(33)24(19)31)15-28-10-12-29(13-11-28)25(32)22-16-34-20-8-3-4-9-21(20)35-22/h3-9,14,22H,10-13,15-16H2,1-2H3/t22-/m1/s1. The number of piperazine rings is 1. The molecule has 0 saturated carbocycles. The summed E-state index contributed by atoms with van der Waals surface area (Å²) in [5, 5.41) is 0. The molecule has 35 heavy (non-hydrogen) atoms. The van der Waals surface area contributed by atoms with Gasteiger partial charge in [-0.3, -0.25) is 24.2 Å². The second-order valence-corrected chi connectivity index (χ2v) is 9.96. The van der Waals surface area contributed by atoms with Crippen molar-refractivity contribution in [2.24, 2.45) is 0 Å². The third-order valence-electron chi connectivity index (χ3n) is 7.21. The summed E-state index contributed by atoms with van der Waals surface area (Å²) in [5.41, 5.74) is 2.66. The average Bonchev–Trinajstić information content (AvgIpc) is 3.13. The minimum absolute atomic E-state index is 0.0503. The maximum atomic E-state index is 13.1. The molecule has 4 heterocycles. The van der Waals surface area contributed by atoms with Crippen molar-refractivity contribution in [1.29, 1.82) is 0 Å². The summed E-state index contributed by atoms with van der Waals surface area (Å²) in [5.74, 6) is 0.318. The summed E-state index contributed by atoms with van der Waals surface area (Å²) in [6.07, 6.45) is 1.46. The smallest absolute Gasteiger partial charge is 0.300 e. The summed E-state index contributed by atoms with van der Waals surface area (Å²) in [6, 6.07) is 13.0. The summed E-state index contributed by atoms with van der Waals surface area (Å²) in [6.45, 7) is 7.49. The fourth-order valence-corrected chi connectivity index (χ4v) is 5.51. The van der Waals surface area contributed by atoms with E-state index in [0.717, 1.165) is 29.9 Å². The first-order chi connectivity index (χ1) is 16.8. The molecule has 0 aliphatic carbocycles. The van der Waals surface area contributed by atoms with Gasteiger partial charge in [-0.1, -0.05) is 30.3 Å². The van der Waals surface area contributed by atoms with Crippen molar-refractivity contribution in [3.63, 3.8) is 0 Å². The number of hydrogen-bond acceptors (Lipinski definition) is 6. The van der Waals surface area contributed by atoms with Crippen molar-refractivity contribution >= 4 is 28.9 Å². The number of fused-ring (bicyclic) bond motifs is 1. The van der Waals surface area contributed by atoms with Crippen LogP contribution in [0.3, 0.4) is 0 Å². The van der Waals surface area contributed by atoms with Gasteiger partial charge in [0.1, 0.15) is 6.61 Å². The number of ether oxygens (including phenoxy) is 2. The van der Waals surface area contributed by atoms with Crippen molar-refractivity contribution in [1.82, 2.24) is 9.80 Å².